The van der Waals surface area contributed by atoms with E-state index in [0.717, 1.165) is 11.1 Å². The summed E-state index contributed by atoms with van der Waals surface area (Å²) >= 11 is 0. The number of ether oxygens (including phenoxy) is 2. The Labute approximate surface area is 147 Å². The highest BCUT2D eigenvalue weighted by molar-refractivity contribution is 5.85. The Hall–Kier alpha value is -3.25. The minimum absolute atomic E-state index is 0.467. The molecule has 3 heteroatoms. The van der Waals surface area contributed by atoms with E-state index in [4.69, 9.17) is 14.7 Å². The van der Waals surface area contributed by atoms with Crippen LogP contribution in [0.1, 0.15) is 18.1 Å². The zero-order valence-electron chi connectivity index (χ0n) is 14.1. The van der Waals surface area contributed by atoms with Gasteiger partial charge in [-0.1, -0.05) is 48.5 Å². The summed E-state index contributed by atoms with van der Waals surface area (Å²) in [5, 5.41) is 11.0. The first kappa shape index (κ1) is 16.6. The van der Waals surface area contributed by atoms with E-state index in [1.54, 1.807) is 6.08 Å². The van der Waals surface area contributed by atoms with Crippen molar-refractivity contribution < 1.29 is 9.47 Å². The Morgan fingerprint density at radius 1 is 0.960 bits per heavy atom. The second-order valence-corrected chi connectivity index (χ2v) is 5.53. The molecule has 0 spiro atoms. The van der Waals surface area contributed by atoms with Crippen LogP contribution in [-0.4, -0.2) is 6.61 Å². The highest BCUT2D eigenvalue weighted by Crippen LogP contribution is 2.30. The van der Waals surface area contributed by atoms with E-state index in [1.165, 1.54) is 16.8 Å². The number of fused-ring (bicyclic) bond motifs is 1. The molecule has 0 N–H and O–H groups in total. The third-order valence-corrected chi connectivity index (χ3v) is 3.88. The quantitative estimate of drug-likeness (QED) is 0.572. The molecule has 0 saturated heterocycles. The lowest BCUT2D eigenvalue weighted by Crippen LogP contribution is -2.00. The summed E-state index contributed by atoms with van der Waals surface area (Å²) in [5.74, 6) is 1.38. The number of benzene rings is 3. The molecule has 0 saturated carbocycles. The highest BCUT2D eigenvalue weighted by Gasteiger charge is 2.07. The lowest BCUT2D eigenvalue weighted by atomic mass is 10.1. The summed E-state index contributed by atoms with van der Waals surface area (Å²) < 4.78 is 11.7. The van der Waals surface area contributed by atoms with Gasteiger partial charge in [0.2, 0.25) is 0 Å². The first-order chi connectivity index (χ1) is 12.3. The van der Waals surface area contributed by atoms with E-state index in [9.17, 15) is 0 Å². The van der Waals surface area contributed by atoms with Crippen LogP contribution in [0.2, 0.25) is 0 Å². The molecule has 124 valence electrons. The zero-order valence-corrected chi connectivity index (χ0v) is 14.1. The van der Waals surface area contributed by atoms with E-state index in [1.807, 2.05) is 49.4 Å². The molecule has 3 nitrogen and oxygen atoms in total. The molecule has 0 fully saturated rings. The molecule has 0 heterocycles. The molecule has 0 aliphatic carbocycles. The molecule has 3 rings (SSSR count). The Kier molecular flexibility index (Phi) is 5.33. The van der Waals surface area contributed by atoms with Crippen LogP contribution in [0.4, 0.5) is 0 Å². The minimum atomic E-state index is 0.467. The summed E-state index contributed by atoms with van der Waals surface area (Å²) in [6, 6.07) is 22.2. The second-order valence-electron chi connectivity index (χ2n) is 5.53. The molecule has 0 bridgehead atoms. The fourth-order valence-corrected chi connectivity index (χ4v) is 2.72. The second kappa shape index (κ2) is 8.03. The Balaban J connectivity index is 1.84. The van der Waals surface area contributed by atoms with Crippen LogP contribution in [0.3, 0.4) is 0 Å². The molecule has 0 atom stereocenters. The maximum atomic E-state index is 8.66. The topological polar surface area (TPSA) is 42.2 Å². The largest absolute Gasteiger partial charge is 0.490 e. The van der Waals surface area contributed by atoms with Crippen LogP contribution < -0.4 is 9.47 Å². The van der Waals surface area contributed by atoms with Gasteiger partial charge in [-0.2, -0.15) is 5.26 Å². The van der Waals surface area contributed by atoms with E-state index in [-0.39, 0.29) is 0 Å². The molecule has 3 aromatic rings. The Morgan fingerprint density at radius 2 is 1.80 bits per heavy atom. The maximum Gasteiger partial charge on any atom is 0.161 e. The fourth-order valence-electron chi connectivity index (χ4n) is 2.72. The standard InChI is InChI=1S/C22H19NO2/c1-2-24-22-15-17(7-6-14-23)12-13-21(22)25-16-19-10-5-9-18-8-3-4-11-20(18)19/h3-13,15H,2,16H2,1H3/b7-6+. The molecular weight excluding hydrogens is 310 g/mol. The number of nitrogens with zero attached hydrogens (tertiary/aromatic N) is 1. The molecule has 0 aliphatic heterocycles. The van der Waals surface area contributed by atoms with Gasteiger partial charge in [-0.3, -0.25) is 0 Å². The van der Waals surface area contributed by atoms with Gasteiger partial charge >= 0.3 is 0 Å². The summed E-state index contributed by atoms with van der Waals surface area (Å²) in [6.07, 6.45) is 3.19. The van der Waals surface area contributed by atoms with Crippen molar-refractivity contribution in [1.29, 1.82) is 5.26 Å². The van der Waals surface area contributed by atoms with Crippen LogP contribution in [0.15, 0.2) is 66.7 Å². The van der Waals surface area contributed by atoms with E-state index in [0.29, 0.717) is 24.7 Å². The van der Waals surface area contributed by atoms with Crippen molar-refractivity contribution in [2.75, 3.05) is 6.61 Å². The van der Waals surface area contributed by atoms with Gasteiger partial charge in [0.15, 0.2) is 11.5 Å². The van der Waals surface area contributed by atoms with Gasteiger partial charge in [0.05, 0.1) is 12.7 Å². The van der Waals surface area contributed by atoms with Gasteiger partial charge in [0.1, 0.15) is 6.61 Å². The number of rotatable bonds is 6. The average Bonchev–Trinajstić information content (AvgIpc) is 2.66. The van der Waals surface area contributed by atoms with E-state index >= 15 is 0 Å². The third-order valence-electron chi connectivity index (χ3n) is 3.88. The average molecular weight is 329 g/mol. The van der Waals surface area contributed by atoms with Crippen molar-refractivity contribution >= 4 is 16.8 Å². The van der Waals surface area contributed by atoms with Crippen LogP contribution in [0, 0.1) is 11.3 Å². The van der Waals surface area contributed by atoms with Gasteiger partial charge in [0, 0.05) is 6.08 Å². The lowest BCUT2D eigenvalue weighted by Gasteiger charge is -2.13. The van der Waals surface area contributed by atoms with Crippen molar-refractivity contribution in [3.8, 4) is 17.6 Å². The number of hydrogen-bond donors (Lipinski definition) is 0. The molecule has 25 heavy (non-hydrogen) atoms. The minimum Gasteiger partial charge on any atom is -0.490 e. The third kappa shape index (κ3) is 3.99. The molecular formula is C22H19NO2. The molecule has 3 aromatic carbocycles. The van der Waals surface area contributed by atoms with Crippen LogP contribution in [-0.2, 0) is 6.61 Å². The van der Waals surface area contributed by atoms with Crippen molar-refractivity contribution in [3.05, 3.63) is 77.9 Å². The van der Waals surface area contributed by atoms with E-state index < -0.39 is 0 Å². The highest BCUT2D eigenvalue weighted by atomic mass is 16.5. The number of nitriles is 1. The van der Waals surface area contributed by atoms with Crippen molar-refractivity contribution in [2.45, 2.75) is 13.5 Å². The molecule has 0 radical (unpaired) electrons. The number of allylic oxidation sites excluding steroid dienone is 1. The summed E-state index contributed by atoms with van der Waals surface area (Å²) in [6.45, 7) is 2.96. The smallest absolute Gasteiger partial charge is 0.161 e. The van der Waals surface area contributed by atoms with Gasteiger partial charge < -0.3 is 9.47 Å². The maximum absolute atomic E-state index is 8.66. The Morgan fingerprint density at radius 3 is 2.64 bits per heavy atom. The van der Waals surface area contributed by atoms with Gasteiger partial charge in [0.25, 0.3) is 0 Å². The van der Waals surface area contributed by atoms with Gasteiger partial charge in [-0.25, -0.2) is 0 Å². The van der Waals surface area contributed by atoms with Crippen LogP contribution >= 0.6 is 0 Å². The molecule has 0 unspecified atom stereocenters. The van der Waals surface area contributed by atoms with Gasteiger partial charge in [-0.15, -0.1) is 0 Å². The molecule has 0 aromatic heterocycles. The molecule has 0 aliphatic rings. The van der Waals surface area contributed by atoms with E-state index in [2.05, 4.69) is 24.3 Å². The first-order valence-electron chi connectivity index (χ1n) is 8.24. The summed E-state index contributed by atoms with van der Waals surface area (Å²) in [4.78, 5) is 0. The normalized spacial score (nSPS) is 10.7. The van der Waals surface area contributed by atoms with Crippen molar-refractivity contribution in [2.24, 2.45) is 0 Å². The predicted octanol–water partition coefficient (Wildman–Crippen LogP) is 5.35. The first-order valence-corrected chi connectivity index (χ1v) is 8.24. The monoisotopic (exact) mass is 329 g/mol. The Bertz CT molecular complexity index is 933. The van der Waals surface area contributed by atoms with Gasteiger partial charge in [-0.05, 0) is 47.0 Å². The zero-order chi connectivity index (χ0) is 17.5. The summed E-state index contributed by atoms with van der Waals surface area (Å²) in [5.41, 5.74) is 2.04. The van der Waals surface area contributed by atoms with Crippen molar-refractivity contribution in [1.82, 2.24) is 0 Å². The summed E-state index contributed by atoms with van der Waals surface area (Å²) in [7, 11) is 0. The molecule has 0 amide bonds. The van der Waals surface area contributed by atoms with Crippen molar-refractivity contribution in [3.63, 3.8) is 0 Å². The van der Waals surface area contributed by atoms with Crippen LogP contribution in [0.5, 0.6) is 11.5 Å². The SMILES string of the molecule is CCOc1cc(/C=C/C#N)ccc1OCc1cccc2ccccc12. The fraction of sp³-hybridized carbons (Fsp3) is 0.136. The predicted molar refractivity (Wildman–Crippen MR) is 101 cm³/mol. The number of hydrogen-bond acceptors (Lipinski definition) is 3. The lowest BCUT2D eigenvalue weighted by molar-refractivity contribution is 0.270. The van der Waals surface area contributed by atoms with Crippen LogP contribution in [0.25, 0.3) is 16.8 Å².